The zero-order valence-electron chi connectivity index (χ0n) is 14.9. The molecular formula is C20H27ClN2S2. The van der Waals surface area contributed by atoms with Crippen LogP contribution in [-0.4, -0.2) is 24.6 Å². The van der Waals surface area contributed by atoms with E-state index in [-0.39, 0.29) is 0 Å². The fourth-order valence-electron chi connectivity index (χ4n) is 3.36. The fourth-order valence-corrected chi connectivity index (χ4v) is 7.41. The molecule has 0 N–H and O–H groups in total. The first kappa shape index (κ1) is 19.2. The summed E-state index contributed by atoms with van der Waals surface area (Å²) in [5, 5.41) is 1.63. The minimum Gasteiger partial charge on any atom is -0.335 e. The molecule has 5 heteroatoms. The number of benzene rings is 1. The quantitative estimate of drug-likeness (QED) is 0.497. The van der Waals surface area contributed by atoms with Crippen LogP contribution in [0, 0.1) is 0 Å². The first-order valence-electron chi connectivity index (χ1n) is 9.21. The molecule has 1 aliphatic heterocycles. The van der Waals surface area contributed by atoms with Crippen molar-refractivity contribution in [1.82, 2.24) is 9.55 Å². The summed E-state index contributed by atoms with van der Waals surface area (Å²) in [6.07, 6.45) is 13.5. The molecule has 0 saturated carbocycles. The third kappa shape index (κ3) is 5.70. The van der Waals surface area contributed by atoms with Gasteiger partial charge in [0.2, 0.25) is 0 Å². The second-order valence-electron chi connectivity index (χ2n) is 6.82. The van der Waals surface area contributed by atoms with Gasteiger partial charge in [-0.15, -0.1) is 23.5 Å². The Balaban J connectivity index is 1.59. The highest BCUT2D eigenvalue weighted by atomic mass is 35.5. The van der Waals surface area contributed by atoms with Crippen molar-refractivity contribution in [3.8, 4) is 0 Å². The van der Waals surface area contributed by atoms with E-state index in [1.807, 2.05) is 24.7 Å². The lowest BCUT2D eigenvalue weighted by molar-refractivity contribution is 0.571. The Morgan fingerprint density at radius 1 is 1.28 bits per heavy atom. The van der Waals surface area contributed by atoms with Gasteiger partial charge in [-0.3, -0.25) is 0 Å². The maximum absolute atomic E-state index is 5.99. The number of imidazole rings is 1. The SMILES string of the molecule is CCCCC1CSC(CCCc2ccc(Cl)cc2)(Cn2ccnc2)S1. The van der Waals surface area contributed by atoms with E-state index < -0.39 is 0 Å². The molecule has 136 valence electrons. The van der Waals surface area contributed by atoms with E-state index >= 15 is 0 Å². The number of halogens is 1. The Labute approximate surface area is 165 Å². The van der Waals surface area contributed by atoms with E-state index in [2.05, 4.69) is 58.3 Å². The van der Waals surface area contributed by atoms with Gasteiger partial charge in [0.25, 0.3) is 0 Å². The van der Waals surface area contributed by atoms with E-state index in [9.17, 15) is 0 Å². The highest BCUT2D eigenvalue weighted by Gasteiger charge is 2.40. The van der Waals surface area contributed by atoms with Gasteiger partial charge in [0.05, 0.1) is 10.4 Å². The number of thioether (sulfide) groups is 2. The van der Waals surface area contributed by atoms with Crippen LogP contribution in [0.5, 0.6) is 0 Å². The Morgan fingerprint density at radius 2 is 2.12 bits per heavy atom. The molecule has 2 atom stereocenters. The molecule has 1 fully saturated rings. The maximum Gasteiger partial charge on any atom is 0.0946 e. The van der Waals surface area contributed by atoms with Crippen LogP contribution >= 0.6 is 35.1 Å². The zero-order valence-corrected chi connectivity index (χ0v) is 17.3. The van der Waals surface area contributed by atoms with Gasteiger partial charge in [0.15, 0.2) is 0 Å². The Hall–Kier alpha value is -0.580. The minimum atomic E-state index is 0.297. The van der Waals surface area contributed by atoms with Gasteiger partial charge in [0, 0.05) is 35.0 Å². The molecule has 0 amide bonds. The molecule has 2 nitrogen and oxygen atoms in total. The van der Waals surface area contributed by atoms with Crippen LogP contribution in [0.25, 0.3) is 0 Å². The molecule has 0 bridgehead atoms. The van der Waals surface area contributed by atoms with Gasteiger partial charge in [-0.05, 0) is 43.4 Å². The number of hydrogen-bond donors (Lipinski definition) is 0. The first-order valence-corrected chi connectivity index (χ1v) is 11.5. The predicted octanol–water partition coefficient (Wildman–Crippen LogP) is 6.29. The summed E-state index contributed by atoms with van der Waals surface area (Å²) >= 11 is 10.4. The largest absolute Gasteiger partial charge is 0.335 e. The number of aromatic nitrogens is 2. The number of unbranched alkanes of at least 4 members (excludes halogenated alkanes) is 1. The Kier molecular flexibility index (Phi) is 7.20. The van der Waals surface area contributed by atoms with Crippen LogP contribution in [-0.2, 0) is 13.0 Å². The summed E-state index contributed by atoms with van der Waals surface area (Å²) in [7, 11) is 0. The van der Waals surface area contributed by atoms with Crippen molar-refractivity contribution in [1.29, 1.82) is 0 Å². The summed E-state index contributed by atoms with van der Waals surface area (Å²) in [5.74, 6) is 1.29. The second kappa shape index (κ2) is 9.38. The lowest BCUT2D eigenvalue weighted by atomic mass is 10.1. The maximum atomic E-state index is 5.99. The normalized spacial score (nSPS) is 23.2. The van der Waals surface area contributed by atoms with Crippen LogP contribution in [0.15, 0.2) is 43.0 Å². The van der Waals surface area contributed by atoms with Crippen molar-refractivity contribution in [3.63, 3.8) is 0 Å². The van der Waals surface area contributed by atoms with Crippen LogP contribution in [0.3, 0.4) is 0 Å². The molecule has 1 aromatic heterocycles. The van der Waals surface area contributed by atoms with Crippen LogP contribution in [0.1, 0.15) is 44.6 Å². The van der Waals surface area contributed by atoms with Crippen molar-refractivity contribution < 1.29 is 0 Å². The zero-order chi connectivity index (χ0) is 17.5. The van der Waals surface area contributed by atoms with Crippen LogP contribution < -0.4 is 0 Å². The second-order valence-corrected chi connectivity index (χ2v) is 10.6. The number of nitrogens with zero attached hydrogens (tertiary/aromatic N) is 2. The molecule has 2 aromatic rings. The van der Waals surface area contributed by atoms with Crippen molar-refractivity contribution in [2.24, 2.45) is 0 Å². The predicted molar refractivity (Wildman–Crippen MR) is 113 cm³/mol. The molecule has 1 aromatic carbocycles. The molecular weight excluding hydrogens is 368 g/mol. The lowest BCUT2D eigenvalue weighted by Crippen LogP contribution is -2.25. The van der Waals surface area contributed by atoms with Crippen molar-refractivity contribution in [3.05, 3.63) is 53.6 Å². The first-order chi connectivity index (χ1) is 12.2. The average molecular weight is 395 g/mol. The van der Waals surface area contributed by atoms with Gasteiger partial charge in [-0.1, -0.05) is 43.5 Å². The minimum absolute atomic E-state index is 0.297. The summed E-state index contributed by atoms with van der Waals surface area (Å²) < 4.78 is 2.55. The summed E-state index contributed by atoms with van der Waals surface area (Å²) in [6.45, 7) is 3.35. The van der Waals surface area contributed by atoms with E-state index in [0.717, 1.165) is 23.2 Å². The molecule has 1 saturated heterocycles. The molecule has 2 unspecified atom stereocenters. The molecule has 25 heavy (non-hydrogen) atoms. The topological polar surface area (TPSA) is 17.8 Å². The van der Waals surface area contributed by atoms with Gasteiger partial charge in [0.1, 0.15) is 0 Å². The van der Waals surface area contributed by atoms with Gasteiger partial charge >= 0.3 is 0 Å². The fraction of sp³-hybridized carbons (Fsp3) is 0.550. The third-order valence-corrected chi connectivity index (χ3v) is 8.74. The number of hydrogen-bond acceptors (Lipinski definition) is 3. The highest BCUT2D eigenvalue weighted by Crippen LogP contribution is 2.53. The van der Waals surface area contributed by atoms with Crippen LogP contribution in [0.2, 0.25) is 5.02 Å². The van der Waals surface area contributed by atoms with E-state index in [1.54, 1.807) is 0 Å². The van der Waals surface area contributed by atoms with Gasteiger partial charge < -0.3 is 4.57 Å². The van der Waals surface area contributed by atoms with Crippen LogP contribution in [0.4, 0.5) is 0 Å². The van der Waals surface area contributed by atoms with Crippen molar-refractivity contribution in [2.75, 3.05) is 5.75 Å². The van der Waals surface area contributed by atoms with E-state index in [0.29, 0.717) is 4.08 Å². The van der Waals surface area contributed by atoms with E-state index in [4.69, 9.17) is 11.6 Å². The summed E-state index contributed by atoms with van der Waals surface area (Å²) in [6, 6.07) is 8.31. The molecule has 3 rings (SSSR count). The third-order valence-electron chi connectivity index (χ3n) is 4.71. The molecule has 0 spiro atoms. The number of aryl methyl sites for hydroxylation is 1. The Morgan fingerprint density at radius 3 is 2.84 bits per heavy atom. The Bertz CT molecular complexity index is 630. The highest BCUT2D eigenvalue weighted by molar-refractivity contribution is 8.21. The number of rotatable bonds is 9. The smallest absolute Gasteiger partial charge is 0.0946 e. The monoisotopic (exact) mass is 394 g/mol. The van der Waals surface area contributed by atoms with Crippen molar-refractivity contribution >= 4 is 35.1 Å². The van der Waals surface area contributed by atoms with Crippen molar-refractivity contribution in [2.45, 2.75) is 61.3 Å². The molecule has 0 radical (unpaired) electrons. The standard InChI is InChI=1S/C20H27ClN2S2/c1-2-3-6-19-14-24-20(25-19,15-23-13-12-22-16-23)11-4-5-17-7-9-18(21)10-8-17/h7-10,12-13,16,19H,2-6,11,14-15H2,1H3. The van der Waals surface area contributed by atoms with E-state index in [1.165, 1.54) is 43.4 Å². The van der Waals surface area contributed by atoms with Gasteiger partial charge in [-0.25, -0.2) is 4.98 Å². The molecule has 2 heterocycles. The molecule has 1 aliphatic rings. The summed E-state index contributed by atoms with van der Waals surface area (Å²) in [5.41, 5.74) is 1.39. The molecule has 0 aliphatic carbocycles. The van der Waals surface area contributed by atoms with Gasteiger partial charge in [-0.2, -0.15) is 0 Å². The average Bonchev–Trinajstić information content (AvgIpc) is 3.26. The summed E-state index contributed by atoms with van der Waals surface area (Å²) in [4.78, 5) is 4.23. The lowest BCUT2D eigenvalue weighted by Gasteiger charge is -2.28.